The van der Waals surface area contributed by atoms with Gasteiger partial charge in [0.2, 0.25) is 5.91 Å². The Morgan fingerprint density at radius 2 is 1.82 bits per heavy atom. The fourth-order valence-electron chi connectivity index (χ4n) is 2.18. The van der Waals surface area contributed by atoms with Gasteiger partial charge in [0.05, 0.1) is 0 Å². The maximum atomic E-state index is 11.7. The molecule has 0 aromatic heterocycles. The summed E-state index contributed by atoms with van der Waals surface area (Å²) in [7, 11) is 0. The first kappa shape index (κ1) is 16.0. The number of carbonyl (C=O) groups is 1. The molecule has 0 aliphatic carbocycles. The van der Waals surface area contributed by atoms with E-state index in [9.17, 15) is 9.90 Å². The number of rotatable bonds is 5. The van der Waals surface area contributed by atoms with Crippen molar-refractivity contribution in [3.8, 4) is 16.9 Å². The lowest BCUT2D eigenvalue weighted by Crippen LogP contribution is -2.38. The summed E-state index contributed by atoms with van der Waals surface area (Å²) in [6, 6.07) is 15.0. The number of amides is 1. The van der Waals surface area contributed by atoms with Crippen LogP contribution in [0.3, 0.4) is 0 Å². The Balaban J connectivity index is 1.96. The van der Waals surface area contributed by atoms with E-state index in [4.69, 9.17) is 5.73 Å². The highest BCUT2D eigenvalue weighted by molar-refractivity contribution is 5.77. The van der Waals surface area contributed by atoms with Gasteiger partial charge in [-0.25, -0.2) is 0 Å². The molecular formula is C18H22N2O2. The van der Waals surface area contributed by atoms with Crippen molar-refractivity contribution in [2.45, 2.75) is 32.4 Å². The molecule has 0 fully saturated rings. The fourth-order valence-corrected chi connectivity index (χ4v) is 2.18. The van der Waals surface area contributed by atoms with Crippen molar-refractivity contribution >= 4 is 5.91 Å². The first-order valence-electron chi connectivity index (χ1n) is 7.27. The van der Waals surface area contributed by atoms with Crippen LogP contribution >= 0.6 is 0 Å². The van der Waals surface area contributed by atoms with E-state index in [1.165, 1.54) is 0 Å². The molecule has 0 atom stereocenters. The third-order valence-electron chi connectivity index (χ3n) is 3.24. The van der Waals surface area contributed by atoms with Crippen LogP contribution in [0, 0.1) is 0 Å². The van der Waals surface area contributed by atoms with Gasteiger partial charge in [-0.3, -0.25) is 4.79 Å². The number of hydrogen-bond acceptors (Lipinski definition) is 3. The van der Waals surface area contributed by atoms with Crippen LogP contribution in [-0.2, 0) is 11.3 Å². The van der Waals surface area contributed by atoms with Gasteiger partial charge < -0.3 is 16.2 Å². The van der Waals surface area contributed by atoms with Gasteiger partial charge >= 0.3 is 0 Å². The fraction of sp³-hybridized carbons (Fsp3) is 0.278. The molecule has 4 N–H and O–H groups in total. The van der Waals surface area contributed by atoms with Gasteiger partial charge in [0.25, 0.3) is 0 Å². The summed E-state index contributed by atoms with van der Waals surface area (Å²) in [5.74, 6) is 0.197. The minimum absolute atomic E-state index is 0.0513. The lowest BCUT2D eigenvalue weighted by Gasteiger charge is -2.17. The molecule has 0 spiro atoms. The summed E-state index contributed by atoms with van der Waals surface area (Å²) in [5, 5.41) is 12.4. The van der Waals surface area contributed by atoms with Crippen molar-refractivity contribution in [1.29, 1.82) is 0 Å². The van der Waals surface area contributed by atoms with Gasteiger partial charge in [0, 0.05) is 18.5 Å². The minimum atomic E-state index is -0.497. The zero-order valence-corrected chi connectivity index (χ0v) is 13.0. The molecule has 0 bridgehead atoms. The first-order chi connectivity index (χ1) is 10.3. The molecule has 116 valence electrons. The molecule has 0 aliphatic rings. The van der Waals surface area contributed by atoms with Crippen LogP contribution in [0.2, 0.25) is 0 Å². The summed E-state index contributed by atoms with van der Waals surface area (Å²) < 4.78 is 0. The molecule has 0 saturated heterocycles. The third kappa shape index (κ3) is 4.90. The average molecular weight is 298 g/mol. The van der Waals surface area contributed by atoms with Crippen molar-refractivity contribution in [2.24, 2.45) is 5.73 Å². The largest absolute Gasteiger partial charge is 0.508 e. The van der Waals surface area contributed by atoms with Gasteiger partial charge in [0.1, 0.15) is 5.75 Å². The second-order valence-corrected chi connectivity index (χ2v) is 6.19. The molecule has 0 heterocycles. The summed E-state index contributed by atoms with van der Waals surface area (Å²) in [6.07, 6.45) is 0.300. The van der Waals surface area contributed by atoms with Crippen LogP contribution in [0.1, 0.15) is 25.8 Å². The Labute approximate surface area is 131 Å². The van der Waals surface area contributed by atoms with E-state index in [0.29, 0.717) is 13.0 Å². The second kappa shape index (κ2) is 6.62. The van der Waals surface area contributed by atoms with E-state index < -0.39 is 5.54 Å². The minimum Gasteiger partial charge on any atom is -0.508 e. The van der Waals surface area contributed by atoms with Crippen LogP contribution in [0.5, 0.6) is 5.75 Å². The number of benzene rings is 2. The van der Waals surface area contributed by atoms with Crippen molar-refractivity contribution in [1.82, 2.24) is 5.32 Å². The first-order valence-corrected chi connectivity index (χ1v) is 7.27. The Hall–Kier alpha value is -2.33. The van der Waals surface area contributed by atoms with E-state index in [-0.39, 0.29) is 11.7 Å². The molecule has 1 amide bonds. The zero-order chi connectivity index (χ0) is 16.2. The molecule has 0 saturated carbocycles. The number of phenolic OH excluding ortho intramolecular Hbond substituents is 1. The molecule has 0 radical (unpaired) electrons. The summed E-state index contributed by atoms with van der Waals surface area (Å²) in [5.41, 5.74) is 8.33. The third-order valence-corrected chi connectivity index (χ3v) is 3.24. The molecule has 0 unspecified atom stereocenters. The summed E-state index contributed by atoms with van der Waals surface area (Å²) in [4.78, 5) is 11.7. The SMILES string of the molecule is CC(C)(N)CC(=O)NCc1ccc(-c2cccc(O)c2)cc1. The number of nitrogens with two attached hydrogens (primary N) is 1. The molecule has 2 aromatic rings. The lowest BCUT2D eigenvalue weighted by atomic mass is 10.0. The van der Waals surface area contributed by atoms with Crippen LogP contribution in [0.15, 0.2) is 48.5 Å². The Morgan fingerprint density at radius 1 is 1.14 bits per heavy atom. The van der Waals surface area contributed by atoms with Gasteiger partial charge in [-0.2, -0.15) is 0 Å². The van der Waals surface area contributed by atoms with Gasteiger partial charge in [-0.15, -0.1) is 0 Å². The molecule has 22 heavy (non-hydrogen) atoms. The van der Waals surface area contributed by atoms with Gasteiger partial charge in [-0.1, -0.05) is 36.4 Å². The van der Waals surface area contributed by atoms with Crippen molar-refractivity contribution in [3.63, 3.8) is 0 Å². The van der Waals surface area contributed by atoms with Crippen LogP contribution in [0.4, 0.5) is 0 Å². The van der Waals surface area contributed by atoms with Gasteiger partial charge in [-0.05, 0) is 42.7 Å². The highest BCUT2D eigenvalue weighted by Crippen LogP contribution is 2.23. The van der Waals surface area contributed by atoms with Crippen LogP contribution in [0.25, 0.3) is 11.1 Å². The number of nitrogens with one attached hydrogen (secondary N) is 1. The Bertz CT molecular complexity index is 643. The predicted octanol–water partition coefficient (Wildman–Crippen LogP) is 2.80. The number of phenols is 1. The van der Waals surface area contributed by atoms with E-state index in [1.54, 1.807) is 12.1 Å². The topological polar surface area (TPSA) is 75.4 Å². The van der Waals surface area contributed by atoms with Crippen molar-refractivity contribution < 1.29 is 9.90 Å². The highest BCUT2D eigenvalue weighted by Gasteiger charge is 2.15. The van der Waals surface area contributed by atoms with E-state index in [2.05, 4.69) is 5.32 Å². The standard InChI is InChI=1S/C18H22N2O2/c1-18(2,19)11-17(22)20-12-13-6-8-14(9-7-13)15-4-3-5-16(21)10-15/h3-10,21H,11-12,19H2,1-2H3,(H,20,22). The maximum absolute atomic E-state index is 11.7. The molecular weight excluding hydrogens is 276 g/mol. The average Bonchev–Trinajstić information content (AvgIpc) is 2.44. The number of aromatic hydroxyl groups is 1. The Morgan fingerprint density at radius 3 is 2.41 bits per heavy atom. The maximum Gasteiger partial charge on any atom is 0.222 e. The summed E-state index contributed by atoms with van der Waals surface area (Å²) >= 11 is 0. The summed E-state index contributed by atoms with van der Waals surface area (Å²) in [6.45, 7) is 4.14. The second-order valence-electron chi connectivity index (χ2n) is 6.19. The van der Waals surface area contributed by atoms with E-state index in [1.807, 2.05) is 50.2 Å². The molecule has 4 nitrogen and oxygen atoms in total. The lowest BCUT2D eigenvalue weighted by molar-refractivity contribution is -0.122. The highest BCUT2D eigenvalue weighted by atomic mass is 16.3. The van der Waals surface area contributed by atoms with Crippen molar-refractivity contribution in [3.05, 3.63) is 54.1 Å². The molecule has 2 rings (SSSR count). The molecule has 4 heteroatoms. The molecule has 0 aliphatic heterocycles. The van der Waals surface area contributed by atoms with E-state index in [0.717, 1.165) is 16.7 Å². The number of hydrogen-bond donors (Lipinski definition) is 3. The van der Waals surface area contributed by atoms with E-state index >= 15 is 0 Å². The van der Waals surface area contributed by atoms with Crippen LogP contribution < -0.4 is 11.1 Å². The Kier molecular flexibility index (Phi) is 4.83. The van der Waals surface area contributed by atoms with Crippen LogP contribution in [-0.4, -0.2) is 16.6 Å². The predicted molar refractivity (Wildman–Crippen MR) is 88.3 cm³/mol. The monoisotopic (exact) mass is 298 g/mol. The number of carbonyl (C=O) groups excluding carboxylic acids is 1. The normalized spacial score (nSPS) is 11.2. The van der Waals surface area contributed by atoms with Crippen molar-refractivity contribution in [2.75, 3.05) is 0 Å². The van der Waals surface area contributed by atoms with Gasteiger partial charge in [0.15, 0.2) is 0 Å². The zero-order valence-electron chi connectivity index (χ0n) is 13.0. The quantitative estimate of drug-likeness (QED) is 0.794. The smallest absolute Gasteiger partial charge is 0.222 e. The molecule has 2 aromatic carbocycles.